The summed E-state index contributed by atoms with van der Waals surface area (Å²) in [4.78, 5) is 0. The zero-order valence-corrected chi connectivity index (χ0v) is 8.46. The number of aryl methyl sites for hydroxylation is 1. The molecule has 1 aromatic rings. The first-order chi connectivity index (χ1) is 5.66. The van der Waals surface area contributed by atoms with Gasteiger partial charge in [0.15, 0.2) is 0 Å². The lowest BCUT2D eigenvalue weighted by atomic mass is 10.1. The minimum Gasteiger partial charge on any atom is -0.270 e. The number of hydrogen-bond donors (Lipinski definition) is 0. The van der Waals surface area contributed by atoms with Crippen LogP contribution in [-0.4, -0.2) is 9.78 Å². The molecule has 2 heteroatoms. The normalized spacial score (nSPS) is 11.1. The van der Waals surface area contributed by atoms with Crippen LogP contribution in [0.2, 0.25) is 0 Å². The van der Waals surface area contributed by atoms with E-state index < -0.39 is 0 Å². The third kappa shape index (κ3) is 1.68. The first-order valence-electron chi connectivity index (χ1n) is 4.69. The van der Waals surface area contributed by atoms with Gasteiger partial charge in [-0.1, -0.05) is 20.8 Å². The molecular formula is C10H18N2. The van der Waals surface area contributed by atoms with Gasteiger partial charge in [-0.3, -0.25) is 4.68 Å². The molecule has 0 aliphatic rings. The van der Waals surface area contributed by atoms with Crippen LogP contribution in [0.5, 0.6) is 0 Å². The summed E-state index contributed by atoms with van der Waals surface area (Å²) in [6.07, 6.45) is 3.15. The maximum atomic E-state index is 4.34. The summed E-state index contributed by atoms with van der Waals surface area (Å²) in [5.74, 6) is 0.593. The number of aromatic nitrogens is 2. The minimum absolute atomic E-state index is 0.593. The summed E-state index contributed by atoms with van der Waals surface area (Å²) in [5.41, 5.74) is 2.70. The quantitative estimate of drug-likeness (QED) is 0.675. The van der Waals surface area contributed by atoms with Crippen LogP contribution in [0, 0.1) is 6.92 Å². The van der Waals surface area contributed by atoms with Gasteiger partial charge in [-0.15, -0.1) is 0 Å². The second-order valence-corrected chi connectivity index (χ2v) is 3.56. The molecule has 0 fully saturated rings. The second-order valence-electron chi connectivity index (χ2n) is 3.56. The first-order valence-corrected chi connectivity index (χ1v) is 4.69. The smallest absolute Gasteiger partial charge is 0.0527 e. The number of nitrogens with zero attached hydrogens (tertiary/aromatic N) is 2. The Morgan fingerprint density at radius 2 is 2.17 bits per heavy atom. The molecule has 0 N–H and O–H groups in total. The highest BCUT2D eigenvalue weighted by Crippen LogP contribution is 2.17. The molecule has 0 amide bonds. The molecule has 2 nitrogen and oxygen atoms in total. The highest BCUT2D eigenvalue weighted by molar-refractivity contribution is 5.19. The molecule has 1 rings (SSSR count). The summed E-state index contributed by atoms with van der Waals surface area (Å²) < 4.78 is 2.09. The molecular weight excluding hydrogens is 148 g/mol. The molecule has 0 aromatic carbocycles. The van der Waals surface area contributed by atoms with Gasteiger partial charge in [0.1, 0.15) is 0 Å². The van der Waals surface area contributed by atoms with Gasteiger partial charge >= 0.3 is 0 Å². The van der Waals surface area contributed by atoms with Crippen molar-refractivity contribution in [2.75, 3.05) is 0 Å². The Morgan fingerprint density at radius 3 is 2.58 bits per heavy atom. The zero-order valence-electron chi connectivity index (χ0n) is 8.46. The van der Waals surface area contributed by atoms with Gasteiger partial charge in [0.2, 0.25) is 0 Å². The first kappa shape index (κ1) is 9.30. The number of rotatable bonds is 3. The Kier molecular flexibility index (Phi) is 2.90. The lowest BCUT2D eigenvalue weighted by Crippen LogP contribution is -2.01. The van der Waals surface area contributed by atoms with Gasteiger partial charge in [0, 0.05) is 12.2 Å². The lowest BCUT2D eigenvalue weighted by Gasteiger charge is -2.05. The van der Waals surface area contributed by atoms with E-state index >= 15 is 0 Å². The SMILES string of the molecule is CCCn1ncc(C(C)C)c1C. The van der Waals surface area contributed by atoms with E-state index in [0.29, 0.717) is 5.92 Å². The molecule has 1 aromatic heterocycles. The molecule has 1 heterocycles. The largest absolute Gasteiger partial charge is 0.270 e. The van der Waals surface area contributed by atoms with Crippen molar-refractivity contribution in [1.82, 2.24) is 9.78 Å². The van der Waals surface area contributed by atoms with Crippen LogP contribution in [0.25, 0.3) is 0 Å². The third-order valence-corrected chi connectivity index (χ3v) is 2.20. The molecule has 12 heavy (non-hydrogen) atoms. The van der Waals surface area contributed by atoms with Crippen molar-refractivity contribution >= 4 is 0 Å². The number of hydrogen-bond acceptors (Lipinski definition) is 1. The van der Waals surface area contributed by atoms with Crippen molar-refractivity contribution in [3.63, 3.8) is 0 Å². The van der Waals surface area contributed by atoms with Crippen LogP contribution in [0.3, 0.4) is 0 Å². The van der Waals surface area contributed by atoms with Crippen LogP contribution >= 0.6 is 0 Å². The van der Waals surface area contributed by atoms with Crippen molar-refractivity contribution in [1.29, 1.82) is 0 Å². The third-order valence-electron chi connectivity index (χ3n) is 2.20. The second kappa shape index (κ2) is 3.74. The van der Waals surface area contributed by atoms with Crippen LogP contribution in [0.4, 0.5) is 0 Å². The maximum Gasteiger partial charge on any atom is 0.0527 e. The molecule has 0 unspecified atom stereocenters. The average molecular weight is 166 g/mol. The van der Waals surface area contributed by atoms with Gasteiger partial charge in [0.25, 0.3) is 0 Å². The molecule has 0 radical (unpaired) electrons. The van der Waals surface area contributed by atoms with Gasteiger partial charge < -0.3 is 0 Å². The standard InChI is InChI=1S/C10H18N2/c1-5-6-12-9(4)10(7-11-12)8(2)3/h7-8H,5-6H2,1-4H3. The van der Waals surface area contributed by atoms with E-state index in [1.54, 1.807) is 0 Å². The highest BCUT2D eigenvalue weighted by Gasteiger charge is 2.07. The van der Waals surface area contributed by atoms with E-state index in [2.05, 4.69) is 37.5 Å². The van der Waals surface area contributed by atoms with Crippen LogP contribution < -0.4 is 0 Å². The van der Waals surface area contributed by atoms with Crippen LogP contribution in [0.15, 0.2) is 6.20 Å². The zero-order chi connectivity index (χ0) is 9.14. The highest BCUT2D eigenvalue weighted by atomic mass is 15.3. The fourth-order valence-electron chi connectivity index (χ4n) is 1.47. The molecule has 0 bridgehead atoms. The summed E-state index contributed by atoms with van der Waals surface area (Å²) in [6.45, 7) is 9.79. The minimum atomic E-state index is 0.593. The van der Waals surface area contributed by atoms with Gasteiger partial charge in [-0.25, -0.2) is 0 Å². The molecule has 0 saturated heterocycles. The van der Waals surface area contributed by atoms with Crippen molar-refractivity contribution in [3.05, 3.63) is 17.5 Å². The molecule has 0 saturated carbocycles. The Bertz CT molecular complexity index is 248. The predicted octanol–water partition coefficient (Wildman–Crippen LogP) is 2.72. The van der Waals surface area contributed by atoms with Crippen LogP contribution in [-0.2, 0) is 6.54 Å². The van der Waals surface area contributed by atoms with Crippen molar-refractivity contribution in [3.8, 4) is 0 Å². The summed E-state index contributed by atoms with van der Waals surface area (Å²) in [6, 6.07) is 0. The maximum absolute atomic E-state index is 4.34. The molecule has 0 atom stereocenters. The molecule has 0 aliphatic heterocycles. The van der Waals surface area contributed by atoms with Crippen molar-refractivity contribution in [2.24, 2.45) is 0 Å². The lowest BCUT2D eigenvalue weighted by molar-refractivity contribution is 0.585. The van der Waals surface area contributed by atoms with Gasteiger partial charge in [-0.05, 0) is 24.8 Å². The molecule has 0 spiro atoms. The predicted molar refractivity (Wildman–Crippen MR) is 51.3 cm³/mol. The van der Waals surface area contributed by atoms with E-state index in [1.807, 2.05) is 6.20 Å². The Balaban J connectivity index is 2.88. The fourth-order valence-corrected chi connectivity index (χ4v) is 1.47. The fraction of sp³-hybridized carbons (Fsp3) is 0.700. The van der Waals surface area contributed by atoms with Crippen molar-refractivity contribution in [2.45, 2.75) is 46.6 Å². The summed E-state index contributed by atoms with van der Waals surface area (Å²) in [7, 11) is 0. The van der Waals surface area contributed by atoms with E-state index in [4.69, 9.17) is 0 Å². The summed E-state index contributed by atoms with van der Waals surface area (Å²) >= 11 is 0. The van der Waals surface area contributed by atoms with E-state index in [0.717, 1.165) is 13.0 Å². The summed E-state index contributed by atoms with van der Waals surface area (Å²) in [5, 5.41) is 4.34. The van der Waals surface area contributed by atoms with Crippen LogP contribution in [0.1, 0.15) is 44.4 Å². The van der Waals surface area contributed by atoms with Crippen molar-refractivity contribution < 1.29 is 0 Å². The van der Waals surface area contributed by atoms with E-state index in [9.17, 15) is 0 Å². The van der Waals surface area contributed by atoms with E-state index in [-0.39, 0.29) is 0 Å². The van der Waals surface area contributed by atoms with Gasteiger partial charge in [-0.2, -0.15) is 5.10 Å². The Labute approximate surface area is 74.6 Å². The van der Waals surface area contributed by atoms with Gasteiger partial charge in [0.05, 0.1) is 6.20 Å². The van der Waals surface area contributed by atoms with E-state index in [1.165, 1.54) is 11.3 Å². The Morgan fingerprint density at radius 1 is 1.50 bits per heavy atom. The molecule has 68 valence electrons. The Hall–Kier alpha value is -0.790. The topological polar surface area (TPSA) is 17.8 Å². The monoisotopic (exact) mass is 166 g/mol. The average Bonchev–Trinajstić information content (AvgIpc) is 2.34. The molecule has 0 aliphatic carbocycles.